The zero-order valence-corrected chi connectivity index (χ0v) is 22.4. The number of rotatable bonds is 9. The molecule has 2 N–H and O–H groups in total. The normalized spacial score (nSPS) is 11.3. The fourth-order valence-corrected chi connectivity index (χ4v) is 4.02. The Morgan fingerprint density at radius 1 is 0.897 bits per heavy atom. The van der Waals surface area contributed by atoms with Crippen LogP contribution >= 0.6 is 23.2 Å². The molecule has 0 bridgehead atoms. The fourth-order valence-electron chi connectivity index (χ4n) is 3.52. The van der Waals surface area contributed by atoms with Gasteiger partial charge in [0.15, 0.2) is 11.5 Å². The van der Waals surface area contributed by atoms with Crippen molar-refractivity contribution in [1.29, 1.82) is 0 Å². The highest BCUT2D eigenvalue weighted by molar-refractivity contribution is 6.36. The van der Waals surface area contributed by atoms with Crippen molar-refractivity contribution < 1.29 is 23.5 Å². The Balaban J connectivity index is 1.54. The van der Waals surface area contributed by atoms with Crippen LogP contribution in [0.25, 0.3) is 17.4 Å². The summed E-state index contributed by atoms with van der Waals surface area (Å²) in [6.45, 7) is 0. The third-order valence-corrected chi connectivity index (χ3v) is 5.98. The van der Waals surface area contributed by atoms with Crippen LogP contribution in [0.1, 0.15) is 21.7 Å². The number of halogens is 2. The minimum absolute atomic E-state index is 0.0405. The highest BCUT2D eigenvalue weighted by Crippen LogP contribution is 2.31. The second-order valence-corrected chi connectivity index (χ2v) is 8.86. The van der Waals surface area contributed by atoms with Crippen LogP contribution in [0.3, 0.4) is 0 Å². The Labute approximate surface area is 234 Å². The van der Waals surface area contributed by atoms with Gasteiger partial charge in [0.05, 0.1) is 25.5 Å². The van der Waals surface area contributed by atoms with Gasteiger partial charge in [-0.1, -0.05) is 47.5 Å². The Hall–Kier alpha value is -4.53. The molecule has 0 fully saturated rings. The first-order valence-corrected chi connectivity index (χ1v) is 12.3. The van der Waals surface area contributed by atoms with E-state index < -0.39 is 11.8 Å². The standard InChI is InChI=1S/C29H23Cl2N3O5/c1-37-26-12-8-18(15-27(26)38-2)14-24(33-28(35)19-6-4-3-5-7-19)29(36)34-32-17-21-10-13-25(39-21)22-11-9-20(30)16-23(22)31/h3-17H,1-2H3,(H,33,35)(H,34,36)/b24-14+,32-17-. The Morgan fingerprint density at radius 2 is 1.67 bits per heavy atom. The lowest BCUT2D eigenvalue weighted by atomic mass is 10.1. The van der Waals surface area contributed by atoms with Crippen molar-refractivity contribution in [2.75, 3.05) is 14.2 Å². The van der Waals surface area contributed by atoms with Gasteiger partial charge in [-0.3, -0.25) is 9.59 Å². The van der Waals surface area contributed by atoms with E-state index in [0.29, 0.717) is 49.8 Å². The van der Waals surface area contributed by atoms with E-state index in [9.17, 15) is 9.59 Å². The Kier molecular flexibility index (Phi) is 9.04. The molecule has 0 aliphatic heterocycles. The number of hydrogen-bond donors (Lipinski definition) is 2. The summed E-state index contributed by atoms with van der Waals surface area (Å²) in [6.07, 6.45) is 2.83. The van der Waals surface area contributed by atoms with Gasteiger partial charge in [-0.05, 0) is 66.2 Å². The molecule has 198 valence electrons. The van der Waals surface area contributed by atoms with Gasteiger partial charge in [-0.25, -0.2) is 5.43 Å². The lowest BCUT2D eigenvalue weighted by Gasteiger charge is -2.11. The number of nitrogens with zero attached hydrogens (tertiary/aromatic N) is 1. The van der Waals surface area contributed by atoms with E-state index in [2.05, 4.69) is 15.8 Å². The number of amides is 2. The van der Waals surface area contributed by atoms with E-state index in [0.717, 1.165) is 0 Å². The number of ether oxygens (including phenoxy) is 2. The molecule has 0 unspecified atom stereocenters. The van der Waals surface area contributed by atoms with Crippen LogP contribution < -0.4 is 20.2 Å². The van der Waals surface area contributed by atoms with Crippen LogP contribution in [-0.2, 0) is 4.79 Å². The minimum atomic E-state index is -0.655. The molecule has 4 rings (SSSR count). The van der Waals surface area contributed by atoms with Crippen LogP contribution in [-0.4, -0.2) is 32.2 Å². The molecule has 0 saturated carbocycles. The molecule has 2 amide bonds. The number of benzene rings is 3. The Morgan fingerprint density at radius 3 is 2.38 bits per heavy atom. The first kappa shape index (κ1) is 27.5. The molecule has 1 aromatic heterocycles. The largest absolute Gasteiger partial charge is 0.493 e. The zero-order chi connectivity index (χ0) is 27.8. The monoisotopic (exact) mass is 563 g/mol. The van der Waals surface area contributed by atoms with Gasteiger partial charge in [0.25, 0.3) is 11.8 Å². The van der Waals surface area contributed by atoms with Gasteiger partial charge in [0, 0.05) is 16.1 Å². The van der Waals surface area contributed by atoms with Crippen LogP contribution in [0, 0.1) is 0 Å². The predicted octanol–water partition coefficient (Wildman–Crippen LogP) is 6.19. The van der Waals surface area contributed by atoms with Crippen molar-refractivity contribution in [3.63, 3.8) is 0 Å². The van der Waals surface area contributed by atoms with E-state index in [4.69, 9.17) is 37.1 Å². The molecular formula is C29H23Cl2N3O5. The number of methoxy groups -OCH3 is 2. The average molecular weight is 564 g/mol. The van der Waals surface area contributed by atoms with Crippen LogP contribution in [0.2, 0.25) is 10.0 Å². The zero-order valence-electron chi connectivity index (χ0n) is 20.9. The van der Waals surface area contributed by atoms with E-state index in [1.165, 1.54) is 26.5 Å². The van der Waals surface area contributed by atoms with Gasteiger partial charge in [-0.2, -0.15) is 5.10 Å². The summed E-state index contributed by atoms with van der Waals surface area (Å²) in [7, 11) is 3.03. The van der Waals surface area contributed by atoms with Gasteiger partial charge >= 0.3 is 0 Å². The van der Waals surface area contributed by atoms with Crippen molar-refractivity contribution in [3.8, 4) is 22.8 Å². The molecule has 0 saturated heterocycles. The van der Waals surface area contributed by atoms with Crippen LogP contribution in [0.15, 0.2) is 94.1 Å². The maximum Gasteiger partial charge on any atom is 0.287 e. The number of carbonyl (C=O) groups excluding carboxylic acids is 2. The van der Waals surface area contributed by atoms with Gasteiger partial charge in [0.2, 0.25) is 0 Å². The van der Waals surface area contributed by atoms with Gasteiger partial charge < -0.3 is 19.2 Å². The third kappa shape index (κ3) is 7.07. The second kappa shape index (κ2) is 12.8. The smallest absolute Gasteiger partial charge is 0.287 e. The van der Waals surface area contributed by atoms with Gasteiger partial charge in [0.1, 0.15) is 17.2 Å². The first-order chi connectivity index (χ1) is 18.9. The van der Waals surface area contributed by atoms with Crippen molar-refractivity contribution in [3.05, 3.63) is 111 Å². The molecule has 0 radical (unpaired) electrons. The molecule has 3 aromatic carbocycles. The average Bonchev–Trinajstić information content (AvgIpc) is 3.41. The molecule has 0 spiro atoms. The van der Waals surface area contributed by atoms with E-state index in [1.54, 1.807) is 78.9 Å². The van der Waals surface area contributed by atoms with Crippen molar-refractivity contribution >= 4 is 47.3 Å². The summed E-state index contributed by atoms with van der Waals surface area (Å²) in [4.78, 5) is 25.9. The summed E-state index contributed by atoms with van der Waals surface area (Å²) in [5.41, 5.74) is 4.01. The topological polar surface area (TPSA) is 102 Å². The lowest BCUT2D eigenvalue weighted by Crippen LogP contribution is -2.32. The molecular weight excluding hydrogens is 541 g/mol. The van der Waals surface area contributed by atoms with E-state index >= 15 is 0 Å². The number of carbonyl (C=O) groups is 2. The number of furan rings is 1. The van der Waals surface area contributed by atoms with E-state index in [1.807, 2.05) is 0 Å². The molecule has 10 heteroatoms. The lowest BCUT2D eigenvalue weighted by molar-refractivity contribution is -0.117. The molecule has 4 aromatic rings. The van der Waals surface area contributed by atoms with Crippen LogP contribution in [0.4, 0.5) is 0 Å². The fraction of sp³-hybridized carbons (Fsp3) is 0.0690. The third-order valence-electron chi connectivity index (χ3n) is 5.43. The number of nitrogens with one attached hydrogen (secondary N) is 2. The Bertz CT molecular complexity index is 1550. The second-order valence-electron chi connectivity index (χ2n) is 8.02. The first-order valence-electron chi connectivity index (χ1n) is 11.6. The highest BCUT2D eigenvalue weighted by Gasteiger charge is 2.15. The minimum Gasteiger partial charge on any atom is -0.493 e. The van der Waals surface area contributed by atoms with Crippen molar-refractivity contribution in [2.45, 2.75) is 0 Å². The summed E-state index contributed by atoms with van der Waals surface area (Å²) in [5, 5.41) is 7.58. The molecule has 0 atom stereocenters. The predicted molar refractivity (Wildman–Crippen MR) is 151 cm³/mol. The number of hydrazone groups is 1. The van der Waals surface area contributed by atoms with Crippen molar-refractivity contribution in [2.24, 2.45) is 5.10 Å². The highest BCUT2D eigenvalue weighted by atomic mass is 35.5. The SMILES string of the molecule is COc1ccc(/C=C(/NC(=O)c2ccccc2)C(=O)N/N=C\c2ccc(-c3ccc(Cl)cc3Cl)o2)cc1OC. The maximum atomic E-state index is 13.1. The molecule has 0 aliphatic rings. The summed E-state index contributed by atoms with van der Waals surface area (Å²) in [5.74, 6) is 0.752. The quantitative estimate of drug-likeness (QED) is 0.143. The van der Waals surface area contributed by atoms with Gasteiger partial charge in [-0.15, -0.1) is 0 Å². The van der Waals surface area contributed by atoms with Crippen molar-refractivity contribution in [1.82, 2.24) is 10.7 Å². The molecule has 39 heavy (non-hydrogen) atoms. The van der Waals surface area contributed by atoms with Crippen LogP contribution in [0.5, 0.6) is 11.5 Å². The maximum absolute atomic E-state index is 13.1. The van der Waals surface area contributed by atoms with E-state index in [-0.39, 0.29) is 5.70 Å². The number of hydrogen-bond acceptors (Lipinski definition) is 6. The molecule has 1 heterocycles. The summed E-state index contributed by atoms with van der Waals surface area (Å²) in [6, 6.07) is 22.1. The summed E-state index contributed by atoms with van der Waals surface area (Å²) < 4.78 is 16.4. The summed E-state index contributed by atoms with van der Waals surface area (Å²) >= 11 is 12.2. The molecule has 0 aliphatic carbocycles. The molecule has 8 nitrogen and oxygen atoms in total.